The van der Waals surface area contributed by atoms with E-state index in [0.29, 0.717) is 11.4 Å². The van der Waals surface area contributed by atoms with E-state index < -0.39 is 4.92 Å². The lowest BCUT2D eigenvalue weighted by atomic mass is 9.86. The number of nitrogens with two attached hydrogens (primary N) is 1. The van der Waals surface area contributed by atoms with E-state index in [1.807, 2.05) is 0 Å². The molecule has 100 valence electrons. The zero-order valence-electron chi connectivity index (χ0n) is 10.5. The molecule has 0 radical (unpaired) electrons. The fourth-order valence-electron chi connectivity index (χ4n) is 2.80. The molecule has 6 nitrogen and oxygen atoms in total. The highest BCUT2D eigenvalue weighted by Gasteiger charge is 2.23. The van der Waals surface area contributed by atoms with E-state index in [-0.39, 0.29) is 11.7 Å². The number of nitro benzene ring substituents is 1. The third kappa shape index (κ3) is 2.31. The number of imidazole rings is 1. The second-order valence-electron chi connectivity index (χ2n) is 5.20. The Labute approximate surface area is 110 Å². The molecular formula is C13H16N4O2. The van der Waals surface area contributed by atoms with Crippen molar-refractivity contribution < 1.29 is 4.92 Å². The first kappa shape index (κ1) is 12.1. The molecule has 2 aromatic rings. The average Bonchev–Trinajstić information content (AvgIpc) is 2.81. The Morgan fingerprint density at radius 2 is 2.26 bits per heavy atom. The van der Waals surface area contributed by atoms with E-state index in [0.717, 1.165) is 37.0 Å². The monoisotopic (exact) mass is 260 g/mol. The van der Waals surface area contributed by atoms with Crippen LogP contribution in [0.25, 0.3) is 11.0 Å². The van der Waals surface area contributed by atoms with Crippen molar-refractivity contribution >= 4 is 16.7 Å². The largest absolute Gasteiger partial charge is 0.342 e. The van der Waals surface area contributed by atoms with Crippen LogP contribution in [0.15, 0.2) is 18.2 Å². The highest BCUT2D eigenvalue weighted by Crippen LogP contribution is 2.32. The van der Waals surface area contributed by atoms with Gasteiger partial charge in [-0.3, -0.25) is 10.1 Å². The molecule has 1 fully saturated rings. The standard InChI is InChI=1S/C13H16N4O2/c14-9-3-1-2-8(6-9)13-15-11-5-4-10(17(18)19)7-12(11)16-13/h4-5,7-9H,1-3,6,14H2,(H,15,16). The Hall–Kier alpha value is -1.95. The lowest BCUT2D eigenvalue weighted by molar-refractivity contribution is -0.384. The van der Waals surface area contributed by atoms with Crippen LogP contribution in [0.2, 0.25) is 0 Å². The highest BCUT2D eigenvalue weighted by atomic mass is 16.6. The van der Waals surface area contributed by atoms with Crippen LogP contribution in [0.1, 0.15) is 37.4 Å². The van der Waals surface area contributed by atoms with E-state index in [1.165, 1.54) is 12.1 Å². The highest BCUT2D eigenvalue weighted by molar-refractivity contribution is 5.77. The van der Waals surface area contributed by atoms with Crippen molar-refractivity contribution in [3.63, 3.8) is 0 Å². The third-order valence-corrected chi connectivity index (χ3v) is 3.80. The van der Waals surface area contributed by atoms with Gasteiger partial charge < -0.3 is 10.7 Å². The first-order valence-electron chi connectivity index (χ1n) is 6.53. The van der Waals surface area contributed by atoms with Gasteiger partial charge in [-0.2, -0.15) is 0 Å². The normalized spacial score (nSPS) is 23.6. The molecule has 3 rings (SSSR count). The van der Waals surface area contributed by atoms with Crippen LogP contribution in [-0.2, 0) is 0 Å². The number of benzene rings is 1. The second-order valence-corrected chi connectivity index (χ2v) is 5.20. The SMILES string of the molecule is NC1CCCC(c2nc3cc([N+](=O)[O-])ccc3[nH]2)C1. The zero-order valence-corrected chi connectivity index (χ0v) is 10.5. The van der Waals surface area contributed by atoms with Gasteiger partial charge in [0.25, 0.3) is 5.69 Å². The van der Waals surface area contributed by atoms with Gasteiger partial charge in [0.1, 0.15) is 5.82 Å². The molecule has 0 amide bonds. The molecule has 0 aliphatic heterocycles. The quantitative estimate of drug-likeness (QED) is 0.640. The lowest BCUT2D eigenvalue weighted by Crippen LogP contribution is -2.27. The van der Waals surface area contributed by atoms with Crippen molar-refractivity contribution in [2.24, 2.45) is 5.73 Å². The number of non-ortho nitro benzene ring substituents is 1. The lowest BCUT2D eigenvalue weighted by Gasteiger charge is -2.24. The maximum absolute atomic E-state index is 10.7. The smallest absolute Gasteiger partial charge is 0.271 e. The summed E-state index contributed by atoms with van der Waals surface area (Å²) in [5.41, 5.74) is 7.57. The number of aromatic nitrogens is 2. The maximum Gasteiger partial charge on any atom is 0.271 e. The van der Waals surface area contributed by atoms with Gasteiger partial charge in [0.2, 0.25) is 0 Å². The summed E-state index contributed by atoms with van der Waals surface area (Å²) < 4.78 is 0. The first-order chi connectivity index (χ1) is 9.13. The van der Waals surface area contributed by atoms with Crippen molar-refractivity contribution in [1.82, 2.24) is 9.97 Å². The minimum atomic E-state index is -0.398. The van der Waals surface area contributed by atoms with Gasteiger partial charge in [-0.1, -0.05) is 6.42 Å². The van der Waals surface area contributed by atoms with Gasteiger partial charge >= 0.3 is 0 Å². The molecule has 1 saturated carbocycles. The number of hydrogen-bond acceptors (Lipinski definition) is 4. The minimum absolute atomic E-state index is 0.0749. The van der Waals surface area contributed by atoms with Gasteiger partial charge in [-0.15, -0.1) is 0 Å². The molecular weight excluding hydrogens is 244 g/mol. The number of fused-ring (bicyclic) bond motifs is 1. The number of rotatable bonds is 2. The van der Waals surface area contributed by atoms with Crippen LogP contribution < -0.4 is 5.73 Å². The molecule has 2 unspecified atom stereocenters. The van der Waals surface area contributed by atoms with Gasteiger partial charge in [-0.25, -0.2) is 4.98 Å². The number of H-pyrrole nitrogens is 1. The third-order valence-electron chi connectivity index (χ3n) is 3.80. The van der Waals surface area contributed by atoms with Crippen LogP contribution >= 0.6 is 0 Å². The predicted octanol–water partition coefficient (Wildman–Crippen LogP) is 2.46. The molecule has 0 saturated heterocycles. The Kier molecular flexibility index (Phi) is 2.94. The first-order valence-corrected chi connectivity index (χ1v) is 6.53. The van der Waals surface area contributed by atoms with Crippen LogP contribution in [-0.4, -0.2) is 20.9 Å². The summed E-state index contributed by atoms with van der Waals surface area (Å²) in [5.74, 6) is 1.25. The van der Waals surface area contributed by atoms with E-state index >= 15 is 0 Å². The second kappa shape index (κ2) is 4.62. The van der Waals surface area contributed by atoms with Crippen molar-refractivity contribution in [1.29, 1.82) is 0 Å². The minimum Gasteiger partial charge on any atom is -0.342 e. The molecule has 1 aromatic carbocycles. The average molecular weight is 260 g/mol. The molecule has 0 bridgehead atoms. The van der Waals surface area contributed by atoms with Crippen LogP contribution in [0.3, 0.4) is 0 Å². The number of nitrogens with zero attached hydrogens (tertiary/aromatic N) is 2. The summed E-state index contributed by atoms with van der Waals surface area (Å²) in [7, 11) is 0. The van der Waals surface area contributed by atoms with Crippen LogP contribution in [0.5, 0.6) is 0 Å². The Bertz CT molecular complexity index is 622. The van der Waals surface area contributed by atoms with Crippen molar-refractivity contribution in [3.05, 3.63) is 34.1 Å². The number of nitro groups is 1. The van der Waals surface area contributed by atoms with Gasteiger partial charge in [-0.05, 0) is 25.3 Å². The fraction of sp³-hybridized carbons (Fsp3) is 0.462. The van der Waals surface area contributed by atoms with Crippen LogP contribution in [0.4, 0.5) is 5.69 Å². The molecule has 2 atom stereocenters. The summed E-state index contributed by atoms with van der Waals surface area (Å²) in [6, 6.07) is 4.96. The molecule has 1 aliphatic carbocycles. The van der Waals surface area contributed by atoms with E-state index in [4.69, 9.17) is 5.73 Å². The molecule has 19 heavy (non-hydrogen) atoms. The molecule has 6 heteroatoms. The maximum atomic E-state index is 10.7. The zero-order chi connectivity index (χ0) is 13.4. The summed E-state index contributed by atoms with van der Waals surface area (Å²) in [6.45, 7) is 0. The van der Waals surface area contributed by atoms with Crippen molar-refractivity contribution in [2.75, 3.05) is 0 Å². The molecule has 1 heterocycles. The Balaban J connectivity index is 1.94. The number of nitrogens with one attached hydrogen (secondary N) is 1. The van der Waals surface area contributed by atoms with E-state index in [1.54, 1.807) is 6.07 Å². The topological polar surface area (TPSA) is 97.8 Å². The Morgan fingerprint density at radius 1 is 1.42 bits per heavy atom. The Morgan fingerprint density at radius 3 is 3.00 bits per heavy atom. The summed E-state index contributed by atoms with van der Waals surface area (Å²) in [5, 5.41) is 10.7. The van der Waals surface area contributed by atoms with Gasteiger partial charge in [0, 0.05) is 24.1 Å². The van der Waals surface area contributed by atoms with Gasteiger partial charge in [0.15, 0.2) is 0 Å². The number of aromatic amines is 1. The molecule has 0 spiro atoms. The molecule has 1 aliphatic rings. The molecule has 1 aromatic heterocycles. The van der Waals surface area contributed by atoms with E-state index in [2.05, 4.69) is 9.97 Å². The predicted molar refractivity (Wildman–Crippen MR) is 71.9 cm³/mol. The van der Waals surface area contributed by atoms with Crippen molar-refractivity contribution in [3.8, 4) is 0 Å². The number of hydrogen-bond donors (Lipinski definition) is 2. The molecule has 3 N–H and O–H groups in total. The van der Waals surface area contributed by atoms with E-state index in [9.17, 15) is 10.1 Å². The van der Waals surface area contributed by atoms with Gasteiger partial charge in [0.05, 0.1) is 16.0 Å². The fourth-order valence-corrected chi connectivity index (χ4v) is 2.80. The summed E-state index contributed by atoms with van der Waals surface area (Å²) in [4.78, 5) is 18.1. The summed E-state index contributed by atoms with van der Waals surface area (Å²) in [6.07, 6.45) is 4.20. The van der Waals surface area contributed by atoms with Crippen molar-refractivity contribution in [2.45, 2.75) is 37.6 Å². The van der Waals surface area contributed by atoms with Crippen LogP contribution in [0, 0.1) is 10.1 Å². The summed E-state index contributed by atoms with van der Waals surface area (Å²) >= 11 is 0.